The number of likely N-dealkylation sites (N-methyl/N-ethyl adjacent to an activating group) is 1. The standard InChI is InChI=1S/C11H13BrClN/c1-8(7-14-2)5-9-3-4-10(12)6-11(9)13/h3-6,14H,7H2,1-2H3/b8-5+. The predicted octanol–water partition coefficient (Wildman–Crippen LogP) is 3.73. The number of halogens is 2. The molecule has 0 aromatic heterocycles. The molecule has 0 saturated heterocycles. The van der Waals surface area contributed by atoms with Gasteiger partial charge in [-0.25, -0.2) is 0 Å². The van der Waals surface area contributed by atoms with Gasteiger partial charge in [-0.15, -0.1) is 0 Å². The molecular formula is C11H13BrClN. The van der Waals surface area contributed by atoms with Crippen molar-refractivity contribution in [3.8, 4) is 0 Å². The lowest BCUT2D eigenvalue weighted by Gasteiger charge is -2.02. The molecule has 0 fully saturated rings. The Balaban J connectivity index is 2.91. The lowest BCUT2D eigenvalue weighted by molar-refractivity contribution is 0.884. The van der Waals surface area contributed by atoms with Crippen molar-refractivity contribution in [3.63, 3.8) is 0 Å². The van der Waals surface area contributed by atoms with Gasteiger partial charge in [0.2, 0.25) is 0 Å². The Hall–Kier alpha value is -0.310. The van der Waals surface area contributed by atoms with E-state index in [1.54, 1.807) is 0 Å². The van der Waals surface area contributed by atoms with Gasteiger partial charge in [0.1, 0.15) is 0 Å². The van der Waals surface area contributed by atoms with Gasteiger partial charge < -0.3 is 5.32 Å². The average Bonchev–Trinajstić information content (AvgIpc) is 2.10. The number of nitrogens with one attached hydrogen (secondary N) is 1. The van der Waals surface area contributed by atoms with E-state index in [2.05, 4.69) is 34.2 Å². The summed E-state index contributed by atoms with van der Waals surface area (Å²) in [6.07, 6.45) is 2.09. The molecule has 1 rings (SSSR count). The molecule has 3 heteroatoms. The molecular weight excluding hydrogens is 261 g/mol. The normalized spacial score (nSPS) is 11.9. The lowest BCUT2D eigenvalue weighted by atomic mass is 10.1. The third kappa shape index (κ3) is 3.45. The maximum Gasteiger partial charge on any atom is 0.0489 e. The number of rotatable bonds is 3. The summed E-state index contributed by atoms with van der Waals surface area (Å²) in [5.41, 5.74) is 2.32. The third-order valence-corrected chi connectivity index (χ3v) is 2.64. The summed E-state index contributed by atoms with van der Waals surface area (Å²) in [6.45, 7) is 2.96. The van der Waals surface area contributed by atoms with Crippen LogP contribution in [0.4, 0.5) is 0 Å². The van der Waals surface area contributed by atoms with Crippen LogP contribution < -0.4 is 5.32 Å². The first-order chi connectivity index (χ1) is 6.63. The van der Waals surface area contributed by atoms with Gasteiger partial charge in [-0.3, -0.25) is 0 Å². The van der Waals surface area contributed by atoms with Crippen LogP contribution in [0.1, 0.15) is 12.5 Å². The second kappa shape index (κ2) is 5.54. The second-order valence-corrected chi connectivity index (χ2v) is 4.51. The number of hydrogen-bond acceptors (Lipinski definition) is 1. The molecule has 14 heavy (non-hydrogen) atoms. The van der Waals surface area contributed by atoms with Crippen LogP contribution in [0.25, 0.3) is 6.08 Å². The van der Waals surface area contributed by atoms with Gasteiger partial charge in [0.25, 0.3) is 0 Å². The highest BCUT2D eigenvalue weighted by atomic mass is 79.9. The van der Waals surface area contributed by atoms with E-state index in [0.29, 0.717) is 0 Å². The predicted molar refractivity (Wildman–Crippen MR) is 66.7 cm³/mol. The van der Waals surface area contributed by atoms with E-state index in [1.165, 1.54) is 5.57 Å². The summed E-state index contributed by atoms with van der Waals surface area (Å²) in [5, 5.41) is 3.87. The fraction of sp³-hybridized carbons (Fsp3) is 0.273. The Bertz CT molecular complexity index is 347. The highest BCUT2D eigenvalue weighted by Crippen LogP contribution is 2.23. The van der Waals surface area contributed by atoms with Gasteiger partial charge in [-0.1, -0.05) is 45.2 Å². The minimum Gasteiger partial charge on any atom is -0.316 e. The summed E-state index contributed by atoms with van der Waals surface area (Å²) in [5.74, 6) is 0. The molecule has 76 valence electrons. The Morgan fingerprint density at radius 2 is 2.29 bits per heavy atom. The Kier molecular flexibility index (Phi) is 4.66. The molecule has 0 aliphatic heterocycles. The van der Waals surface area contributed by atoms with Crippen LogP contribution in [-0.2, 0) is 0 Å². The molecule has 0 atom stereocenters. The zero-order chi connectivity index (χ0) is 10.6. The molecule has 0 aliphatic carbocycles. The summed E-state index contributed by atoms with van der Waals surface area (Å²) >= 11 is 9.45. The largest absolute Gasteiger partial charge is 0.316 e. The molecule has 0 saturated carbocycles. The number of hydrogen-bond donors (Lipinski definition) is 1. The van der Waals surface area contributed by atoms with Crippen molar-refractivity contribution in [2.75, 3.05) is 13.6 Å². The Labute approximate surface area is 98.3 Å². The fourth-order valence-electron chi connectivity index (χ4n) is 1.21. The van der Waals surface area contributed by atoms with Gasteiger partial charge in [0.05, 0.1) is 0 Å². The van der Waals surface area contributed by atoms with Crippen LogP contribution in [0.3, 0.4) is 0 Å². The van der Waals surface area contributed by atoms with Crippen LogP contribution in [0.2, 0.25) is 5.02 Å². The van der Waals surface area contributed by atoms with Crippen molar-refractivity contribution in [3.05, 3.63) is 38.8 Å². The van der Waals surface area contributed by atoms with E-state index in [1.807, 2.05) is 25.2 Å². The Morgan fingerprint density at radius 1 is 1.57 bits per heavy atom. The van der Waals surface area contributed by atoms with Gasteiger partial charge in [0.15, 0.2) is 0 Å². The average molecular weight is 275 g/mol. The van der Waals surface area contributed by atoms with E-state index in [-0.39, 0.29) is 0 Å². The van der Waals surface area contributed by atoms with Crippen LogP contribution >= 0.6 is 27.5 Å². The maximum absolute atomic E-state index is 6.08. The zero-order valence-corrected chi connectivity index (χ0v) is 10.6. The van der Waals surface area contributed by atoms with E-state index in [4.69, 9.17) is 11.6 Å². The van der Waals surface area contributed by atoms with Crippen LogP contribution in [-0.4, -0.2) is 13.6 Å². The van der Waals surface area contributed by atoms with E-state index in [0.717, 1.165) is 21.6 Å². The summed E-state index contributed by atoms with van der Waals surface area (Å²) in [4.78, 5) is 0. The minimum absolute atomic E-state index is 0.773. The van der Waals surface area contributed by atoms with Crippen LogP contribution in [0.15, 0.2) is 28.2 Å². The molecule has 1 aromatic carbocycles. The quantitative estimate of drug-likeness (QED) is 0.886. The van der Waals surface area contributed by atoms with Crippen LogP contribution in [0.5, 0.6) is 0 Å². The van der Waals surface area contributed by atoms with Gasteiger partial charge in [-0.2, -0.15) is 0 Å². The van der Waals surface area contributed by atoms with E-state index >= 15 is 0 Å². The first kappa shape index (κ1) is 11.8. The molecule has 0 radical (unpaired) electrons. The van der Waals surface area contributed by atoms with Crippen molar-refractivity contribution in [2.24, 2.45) is 0 Å². The molecule has 1 aromatic rings. The molecule has 0 aliphatic rings. The topological polar surface area (TPSA) is 12.0 Å². The minimum atomic E-state index is 0.773. The first-order valence-corrected chi connectivity index (χ1v) is 5.57. The zero-order valence-electron chi connectivity index (χ0n) is 8.27. The monoisotopic (exact) mass is 273 g/mol. The van der Waals surface area contributed by atoms with Crippen molar-refractivity contribution in [1.29, 1.82) is 0 Å². The molecule has 0 heterocycles. The summed E-state index contributed by atoms with van der Waals surface area (Å²) in [6, 6.07) is 5.90. The Morgan fingerprint density at radius 3 is 2.86 bits per heavy atom. The summed E-state index contributed by atoms with van der Waals surface area (Å²) in [7, 11) is 1.93. The maximum atomic E-state index is 6.08. The van der Waals surface area contributed by atoms with E-state index < -0.39 is 0 Å². The molecule has 0 unspecified atom stereocenters. The fourth-order valence-corrected chi connectivity index (χ4v) is 1.94. The van der Waals surface area contributed by atoms with Crippen molar-refractivity contribution >= 4 is 33.6 Å². The lowest BCUT2D eigenvalue weighted by Crippen LogP contribution is -2.08. The van der Waals surface area contributed by atoms with Crippen LogP contribution in [0, 0.1) is 0 Å². The molecule has 1 N–H and O–H groups in total. The van der Waals surface area contributed by atoms with E-state index in [9.17, 15) is 0 Å². The van der Waals surface area contributed by atoms with Gasteiger partial charge >= 0.3 is 0 Å². The SMILES string of the molecule is CNC/C(C)=C/c1ccc(Br)cc1Cl. The highest BCUT2D eigenvalue weighted by Gasteiger charge is 1.98. The highest BCUT2D eigenvalue weighted by molar-refractivity contribution is 9.10. The molecule has 0 bridgehead atoms. The molecule has 0 spiro atoms. The van der Waals surface area contributed by atoms with Crippen molar-refractivity contribution < 1.29 is 0 Å². The number of benzene rings is 1. The third-order valence-electron chi connectivity index (χ3n) is 1.82. The second-order valence-electron chi connectivity index (χ2n) is 3.19. The summed E-state index contributed by atoms with van der Waals surface area (Å²) < 4.78 is 1.01. The van der Waals surface area contributed by atoms with Crippen molar-refractivity contribution in [1.82, 2.24) is 5.32 Å². The van der Waals surface area contributed by atoms with Gasteiger partial charge in [0, 0.05) is 16.0 Å². The first-order valence-electron chi connectivity index (χ1n) is 4.40. The van der Waals surface area contributed by atoms with Gasteiger partial charge in [-0.05, 0) is 31.7 Å². The molecule has 1 nitrogen and oxygen atoms in total. The smallest absolute Gasteiger partial charge is 0.0489 e. The van der Waals surface area contributed by atoms with Crippen molar-refractivity contribution in [2.45, 2.75) is 6.92 Å². The molecule has 0 amide bonds.